The van der Waals surface area contributed by atoms with Gasteiger partial charge in [0.1, 0.15) is 6.61 Å². The molecular weight excluding hydrogens is 208 g/mol. The van der Waals surface area contributed by atoms with Crippen LogP contribution in [0.3, 0.4) is 0 Å². The van der Waals surface area contributed by atoms with Crippen LogP contribution in [0, 0.1) is 5.41 Å². The average Bonchev–Trinajstić information content (AvgIpc) is 2.11. The quantitative estimate of drug-likeness (QED) is 0.689. The molecule has 0 aliphatic rings. The lowest BCUT2D eigenvalue weighted by molar-refractivity contribution is -0.243. The zero-order chi connectivity index (χ0) is 13.0. The van der Waals surface area contributed by atoms with Gasteiger partial charge in [0.25, 0.3) is 0 Å². The Bertz CT molecular complexity index is 196. The third-order valence-corrected chi connectivity index (χ3v) is 3.02. The predicted molar refractivity (Wildman–Crippen MR) is 62.9 cm³/mol. The van der Waals surface area contributed by atoms with Gasteiger partial charge < -0.3 is 19.7 Å². The fourth-order valence-corrected chi connectivity index (χ4v) is 0.862. The third kappa shape index (κ3) is 5.25. The van der Waals surface area contributed by atoms with Crippen molar-refractivity contribution >= 4 is 0 Å². The van der Waals surface area contributed by atoms with E-state index in [0.717, 1.165) is 0 Å². The number of aliphatic hydroxyl groups excluding tert-OH is 2. The van der Waals surface area contributed by atoms with Crippen LogP contribution < -0.4 is 0 Å². The Morgan fingerprint density at radius 2 is 1.50 bits per heavy atom. The van der Waals surface area contributed by atoms with Gasteiger partial charge in [-0.25, -0.2) is 0 Å². The van der Waals surface area contributed by atoms with E-state index in [-0.39, 0.29) is 12.0 Å². The predicted octanol–water partition coefficient (Wildman–Crippen LogP) is 1.89. The van der Waals surface area contributed by atoms with Gasteiger partial charge in [0, 0.05) is 0 Å². The van der Waals surface area contributed by atoms with Gasteiger partial charge in [-0.3, -0.25) is 0 Å². The van der Waals surface area contributed by atoms with Gasteiger partial charge >= 0.3 is 0 Å². The van der Waals surface area contributed by atoms with Crippen molar-refractivity contribution in [3.8, 4) is 0 Å². The van der Waals surface area contributed by atoms with Gasteiger partial charge in [-0.05, 0) is 25.7 Å². The summed E-state index contributed by atoms with van der Waals surface area (Å²) in [6.07, 6.45) is -1.36. The van der Waals surface area contributed by atoms with Crippen molar-refractivity contribution in [2.45, 2.75) is 66.1 Å². The zero-order valence-electron chi connectivity index (χ0n) is 11.3. The van der Waals surface area contributed by atoms with Gasteiger partial charge in [0.05, 0.1) is 5.60 Å². The molecule has 0 amide bonds. The SMILES string of the molecule is CC[C@H](O)OC[C@@H](O)OC(C)(C)C(C)(C)C. The van der Waals surface area contributed by atoms with E-state index < -0.39 is 18.2 Å². The molecule has 0 aromatic heterocycles. The molecule has 16 heavy (non-hydrogen) atoms. The molecular formula is C12H26O4. The Labute approximate surface area is 98.6 Å². The summed E-state index contributed by atoms with van der Waals surface area (Å²) in [7, 11) is 0. The van der Waals surface area contributed by atoms with E-state index in [1.54, 1.807) is 6.92 Å². The Balaban J connectivity index is 4.09. The Hall–Kier alpha value is -0.160. The van der Waals surface area contributed by atoms with E-state index in [0.29, 0.717) is 6.42 Å². The number of hydrogen-bond donors (Lipinski definition) is 2. The first-order chi connectivity index (χ1) is 7.10. The number of aliphatic hydroxyl groups is 2. The van der Waals surface area contributed by atoms with Crippen molar-refractivity contribution in [3.63, 3.8) is 0 Å². The van der Waals surface area contributed by atoms with Crippen LogP contribution in [0.25, 0.3) is 0 Å². The van der Waals surface area contributed by atoms with Crippen LogP contribution >= 0.6 is 0 Å². The second-order valence-corrected chi connectivity index (χ2v) is 5.53. The largest absolute Gasteiger partial charge is 0.368 e. The highest BCUT2D eigenvalue weighted by molar-refractivity contribution is 4.84. The first kappa shape index (κ1) is 15.8. The number of ether oxygens (including phenoxy) is 2. The molecule has 4 nitrogen and oxygen atoms in total. The van der Waals surface area contributed by atoms with E-state index in [4.69, 9.17) is 9.47 Å². The molecule has 4 heteroatoms. The summed E-state index contributed by atoms with van der Waals surface area (Å²) < 4.78 is 10.5. The van der Waals surface area contributed by atoms with Crippen molar-refractivity contribution in [1.29, 1.82) is 0 Å². The van der Waals surface area contributed by atoms with E-state index >= 15 is 0 Å². The summed E-state index contributed by atoms with van der Waals surface area (Å²) in [5, 5.41) is 18.8. The van der Waals surface area contributed by atoms with Crippen LogP contribution in [0.4, 0.5) is 0 Å². The Kier molecular flexibility index (Phi) is 5.90. The smallest absolute Gasteiger partial charge is 0.178 e. The standard InChI is InChI=1S/C12H26O4/c1-7-9(13)15-8-10(14)16-12(5,6)11(2,3)4/h9-10,13-14H,7-8H2,1-6H3/t9-,10+/m1/s1. The molecule has 0 aliphatic carbocycles. The van der Waals surface area contributed by atoms with Gasteiger partial charge in [-0.15, -0.1) is 0 Å². The molecule has 0 rings (SSSR count). The Morgan fingerprint density at radius 1 is 1.00 bits per heavy atom. The topological polar surface area (TPSA) is 58.9 Å². The summed E-state index contributed by atoms with van der Waals surface area (Å²) in [4.78, 5) is 0. The monoisotopic (exact) mass is 234 g/mol. The second kappa shape index (κ2) is 5.96. The molecule has 0 aliphatic heterocycles. The van der Waals surface area contributed by atoms with E-state index in [1.165, 1.54) is 0 Å². The molecule has 2 N–H and O–H groups in total. The lowest BCUT2D eigenvalue weighted by Gasteiger charge is -2.40. The highest BCUT2D eigenvalue weighted by atomic mass is 16.7. The van der Waals surface area contributed by atoms with Gasteiger partial charge in [0.2, 0.25) is 0 Å². The summed E-state index contributed by atoms with van der Waals surface area (Å²) >= 11 is 0. The average molecular weight is 234 g/mol. The van der Waals surface area contributed by atoms with Crippen LogP contribution in [0.5, 0.6) is 0 Å². The van der Waals surface area contributed by atoms with Crippen LogP contribution in [-0.4, -0.2) is 35.0 Å². The maximum atomic E-state index is 9.63. The van der Waals surface area contributed by atoms with Crippen molar-refractivity contribution < 1.29 is 19.7 Å². The molecule has 98 valence electrons. The highest BCUT2D eigenvalue weighted by Crippen LogP contribution is 2.33. The van der Waals surface area contributed by atoms with Crippen LogP contribution in [0.2, 0.25) is 0 Å². The molecule has 0 aromatic rings. The van der Waals surface area contributed by atoms with E-state index in [1.807, 2.05) is 34.6 Å². The summed E-state index contributed by atoms with van der Waals surface area (Å²) in [5.74, 6) is 0. The van der Waals surface area contributed by atoms with Crippen LogP contribution in [0.15, 0.2) is 0 Å². The molecule has 0 saturated heterocycles. The fourth-order valence-electron chi connectivity index (χ4n) is 0.862. The lowest BCUT2D eigenvalue weighted by atomic mass is 9.79. The zero-order valence-corrected chi connectivity index (χ0v) is 11.3. The Morgan fingerprint density at radius 3 is 1.88 bits per heavy atom. The van der Waals surface area contributed by atoms with Crippen molar-refractivity contribution in [3.05, 3.63) is 0 Å². The van der Waals surface area contributed by atoms with Crippen molar-refractivity contribution in [2.75, 3.05) is 6.61 Å². The normalized spacial score (nSPS) is 17.2. The van der Waals surface area contributed by atoms with E-state index in [2.05, 4.69) is 0 Å². The first-order valence-corrected chi connectivity index (χ1v) is 5.75. The number of hydrogen-bond acceptors (Lipinski definition) is 4. The first-order valence-electron chi connectivity index (χ1n) is 5.75. The summed E-state index contributed by atoms with van der Waals surface area (Å²) in [6.45, 7) is 11.8. The fraction of sp³-hybridized carbons (Fsp3) is 1.00. The lowest BCUT2D eigenvalue weighted by Crippen LogP contribution is -2.43. The number of rotatable bonds is 6. The molecule has 2 atom stereocenters. The molecule has 0 heterocycles. The second-order valence-electron chi connectivity index (χ2n) is 5.53. The summed E-state index contributed by atoms with van der Waals surface area (Å²) in [5.41, 5.74) is -0.551. The molecule has 0 radical (unpaired) electrons. The van der Waals surface area contributed by atoms with Gasteiger partial charge in [0.15, 0.2) is 12.6 Å². The molecule has 0 bridgehead atoms. The van der Waals surface area contributed by atoms with Crippen LogP contribution in [0.1, 0.15) is 48.0 Å². The minimum absolute atomic E-state index is 0.0193. The molecule has 0 aromatic carbocycles. The highest BCUT2D eigenvalue weighted by Gasteiger charge is 2.35. The third-order valence-electron chi connectivity index (χ3n) is 3.02. The minimum Gasteiger partial charge on any atom is -0.368 e. The maximum Gasteiger partial charge on any atom is 0.178 e. The van der Waals surface area contributed by atoms with Crippen molar-refractivity contribution in [1.82, 2.24) is 0 Å². The molecule has 0 saturated carbocycles. The molecule has 0 unspecified atom stereocenters. The van der Waals surface area contributed by atoms with Gasteiger partial charge in [-0.1, -0.05) is 27.7 Å². The van der Waals surface area contributed by atoms with Crippen molar-refractivity contribution in [2.24, 2.45) is 5.41 Å². The van der Waals surface area contributed by atoms with Crippen LogP contribution in [-0.2, 0) is 9.47 Å². The van der Waals surface area contributed by atoms with Gasteiger partial charge in [-0.2, -0.15) is 0 Å². The summed E-state index contributed by atoms with van der Waals surface area (Å²) in [6, 6.07) is 0. The molecule has 0 spiro atoms. The minimum atomic E-state index is -1.02. The molecule has 0 fully saturated rings. The van der Waals surface area contributed by atoms with E-state index in [9.17, 15) is 10.2 Å². The maximum absolute atomic E-state index is 9.63.